The molecule has 54 valence electrons. The second-order valence-electron chi connectivity index (χ2n) is 3.48. The maximum Gasteiger partial charge on any atom is 0.0846 e. The van der Waals surface area contributed by atoms with E-state index in [0.29, 0.717) is 0 Å². The van der Waals surface area contributed by atoms with Crippen molar-refractivity contribution in [3.8, 4) is 0 Å². The lowest BCUT2D eigenvalue weighted by Gasteiger charge is -2.32. The van der Waals surface area contributed by atoms with E-state index in [0.717, 1.165) is 12.1 Å². The predicted molar refractivity (Wildman–Crippen MR) is 39.7 cm³/mol. The van der Waals surface area contributed by atoms with Crippen LogP contribution in [0.25, 0.3) is 0 Å². The molecule has 0 aromatic rings. The van der Waals surface area contributed by atoms with Gasteiger partial charge in [0, 0.05) is 0 Å². The molecule has 0 amide bonds. The molecule has 2 atom stereocenters. The van der Waals surface area contributed by atoms with Crippen molar-refractivity contribution in [2.24, 2.45) is 0 Å². The molecule has 1 heteroatoms. The van der Waals surface area contributed by atoms with E-state index in [1.807, 2.05) is 0 Å². The molecule has 0 unspecified atom stereocenters. The van der Waals surface area contributed by atoms with Crippen LogP contribution in [-0.2, 0) is 0 Å². The summed E-state index contributed by atoms with van der Waals surface area (Å²) < 4.78 is 0. The first kappa shape index (κ1) is 7.07. The molecule has 0 saturated carbocycles. The van der Waals surface area contributed by atoms with E-state index in [1.54, 1.807) is 4.90 Å². The maximum absolute atomic E-state index is 2.35. The highest BCUT2D eigenvalue weighted by molar-refractivity contribution is 4.60. The third kappa shape index (κ3) is 1.45. The highest BCUT2D eigenvalue weighted by Gasteiger charge is 2.23. The van der Waals surface area contributed by atoms with Crippen molar-refractivity contribution in [1.82, 2.24) is 0 Å². The molecule has 1 rings (SSSR count). The summed E-state index contributed by atoms with van der Waals surface area (Å²) in [5, 5.41) is 0. The third-order valence-electron chi connectivity index (χ3n) is 2.83. The Morgan fingerprint density at radius 1 is 1.11 bits per heavy atom. The SMILES string of the molecule is C[C@H]1CCC[C@H](C)[NH+]1C. The number of hydrogen-bond donors (Lipinski definition) is 1. The van der Waals surface area contributed by atoms with Crippen molar-refractivity contribution in [3.63, 3.8) is 0 Å². The van der Waals surface area contributed by atoms with Gasteiger partial charge >= 0.3 is 0 Å². The van der Waals surface area contributed by atoms with E-state index in [-0.39, 0.29) is 0 Å². The Morgan fingerprint density at radius 3 is 1.89 bits per heavy atom. The largest absolute Gasteiger partial charge is 0.333 e. The Morgan fingerprint density at radius 2 is 1.56 bits per heavy atom. The van der Waals surface area contributed by atoms with Crippen LogP contribution in [0, 0.1) is 0 Å². The van der Waals surface area contributed by atoms with Crippen molar-refractivity contribution in [2.45, 2.75) is 45.2 Å². The van der Waals surface area contributed by atoms with E-state index in [4.69, 9.17) is 0 Å². The highest BCUT2D eigenvalue weighted by atomic mass is 15.2. The van der Waals surface area contributed by atoms with Gasteiger partial charge in [-0.05, 0) is 33.1 Å². The molecule has 1 aliphatic heterocycles. The van der Waals surface area contributed by atoms with Gasteiger partial charge in [0.15, 0.2) is 0 Å². The van der Waals surface area contributed by atoms with Crippen LogP contribution in [0.4, 0.5) is 0 Å². The summed E-state index contributed by atoms with van der Waals surface area (Å²) in [4.78, 5) is 1.72. The molecular weight excluding hydrogens is 110 g/mol. The van der Waals surface area contributed by atoms with E-state index < -0.39 is 0 Å². The molecule has 1 aliphatic rings. The molecule has 1 nitrogen and oxygen atoms in total. The average Bonchev–Trinajstić information content (AvgIpc) is 1.83. The standard InChI is InChI=1S/C8H17N/c1-7-5-4-6-8(2)9(7)3/h7-8H,4-6H2,1-3H3/p+1/t7-,8-/m0/s1. The quantitative estimate of drug-likeness (QED) is 0.483. The minimum absolute atomic E-state index is 0.897. The van der Waals surface area contributed by atoms with Crippen molar-refractivity contribution in [2.75, 3.05) is 7.05 Å². The Balaban J connectivity index is 2.41. The number of rotatable bonds is 0. The maximum atomic E-state index is 2.35. The lowest BCUT2D eigenvalue weighted by atomic mass is 9.99. The number of hydrogen-bond acceptors (Lipinski definition) is 0. The molecule has 1 saturated heterocycles. The summed E-state index contributed by atoms with van der Waals surface area (Å²) in [5.74, 6) is 0. The van der Waals surface area contributed by atoms with E-state index in [9.17, 15) is 0 Å². The Labute approximate surface area is 58.0 Å². The minimum Gasteiger partial charge on any atom is -0.333 e. The topological polar surface area (TPSA) is 4.44 Å². The molecule has 0 aliphatic carbocycles. The fourth-order valence-electron chi connectivity index (χ4n) is 1.67. The van der Waals surface area contributed by atoms with Crippen LogP contribution in [0.3, 0.4) is 0 Å². The minimum atomic E-state index is 0.897. The lowest BCUT2D eigenvalue weighted by Crippen LogP contribution is -3.16. The van der Waals surface area contributed by atoms with E-state index in [1.165, 1.54) is 19.3 Å². The molecule has 1 N–H and O–H groups in total. The van der Waals surface area contributed by atoms with Gasteiger partial charge in [-0.25, -0.2) is 0 Å². The fourth-order valence-corrected chi connectivity index (χ4v) is 1.67. The molecule has 0 radical (unpaired) electrons. The van der Waals surface area contributed by atoms with Crippen LogP contribution in [0.5, 0.6) is 0 Å². The monoisotopic (exact) mass is 128 g/mol. The summed E-state index contributed by atoms with van der Waals surface area (Å²) >= 11 is 0. The molecular formula is C8H18N+. The van der Waals surface area contributed by atoms with Crippen LogP contribution in [0.2, 0.25) is 0 Å². The second kappa shape index (κ2) is 2.70. The Hall–Kier alpha value is -0.0400. The van der Waals surface area contributed by atoms with Gasteiger partial charge in [0.25, 0.3) is 0 Å². The van der Waals surface area contributed by atoms with Gasteiger partial charge in [-0.1, -0.05) is 0 Å². The van der Waals surface area contributed by atoms with Crippen LogP contribution in [-0.4, -0.2) is 19.1 Å². The van der Waals surface area contributed by atoms with Gasteiger partial charge in [0.05, 0.1) is 19.1 Å². The number of likely N-dealkylation sites (tertiary alicyclic amines) is 1. The summed E-state index contributed by atoms with van der Waals surface area (Å²) in [5.41, 5.74) is 0. The number of nitrogens with one attached hydrogen (secondary N) is 1. The van der Waals surface area contributed by atoms with Crippen LogP contribution in [0.1, 0.15) is 33.1 Å². The summed E-state index contributed by atoms with van der Waals surface area (Å²) in [6.45, 7) is 4.70. The Bertz CT molecular complexity index is 80.6. The van der Waals surface area contributed by atoms with Crippen molar-refractivity contribution in [1.29, 1.82) is 0 Å². The smallest absolute Gasteiger partial charge is 0.0846 e. The second-order valence-corrected chi connectivity index (χ2v) is 3.48. The van der Waals surface area contributed by atoms with Crippen molar-refractivity contribution >= 4 is 0 Å². The molecule has 1 fully saturated rings. The molecule has 0 spiro atoms. The van der Waals surface area contributed by atoms with Crippen LogP contribution >= 0.6 is 0 Å². The van der Waals surface area contributed by atoms with Gasteiger partial charge in [-0.15, -0.1) is 0 Å². The summed E-state index contributed by atoms with van der Waals surface area (Å²) in [6.07, 6.45) is 4.30. The summed E-state index contributed by atoms with van der Waals surface area (Å²) in [6, 6.07) is 1.79. The first-order valence-electron chi connectivity index (χ1n) is 4.05. The zero-order valence-corrected chi connectivity index (χ0v) is 6.78. The highest BCUT2D eigenvalue weighted by Crippen LogP contribution is 2.05. The number of quaternary nitrogens is 1. The molecule has 1 heterocycles. The molecule has 0 bridgehead atoms. The summed E-state index contributed by atoms with van der Waals surface area (Å²) in [7, 11) is 2.31. The van der Waals surface area contributed by atoms with E-state index in [2.05, 4.69) is 20.9 Å². The zero-order chi connectivity index (χ0) is 6.85. The van der Waals surface area contributed by atoms with Crippen LogP contribution < -0.4 is 4.90 Å². The van der Waals surface area contributed by atoms with Gasteiger partial charge in [0.1, 0.15) is 0 Å². The van der Waals surface area contributed by atoms with Crippen LogP contribution in [0.15, 0.2) is 0 Å². The first-order chi connectivity index (χ1) is 4.22. The van der Waals surface area contributed by atoms with Gasteiger partial charge in [0.2, 0.25) is 0 Å². The predicted octanol–water partition coefficient (Wildman–Crippen LogP) is 0.462. The first-order valence-corrected chi connectivity index (χ1v) is 4.05. The average molecular weight is 128 g/mol. The third-order valence-corrected chi connectivity index (χ3v) is 2.83. The molecule has 0 aromatic heterocycles. The number of piperidine rings is 1. The Kier molecular flexibility index (Phi) is 2.12. The zero-order valence-electron chi connectivity index (χ0n) is 6.78. The van der Waals surface area contributed by atoms with Gasteiger partial charge in [-0.3, -0.25) is 0 Å². The van der Waals surface area contributed by atoms with Crippen molar-refractivity contribution < 1.29 is 4.90 Å². The van der Waals surface area contributed by atoms with Gasteiger partial charge < -0.3 is 4.90 Å². The normalized spacial score (nSPS) is 39.0. The molecule has 0 aromatic carbocycles. The van der Waals surface area contributed by atoms with Gasteiger partial charge in [-0.2, -0.15) is 0 Å². The fraction of sp³-hybridized carbons (Fsp3) is 1.00. The van der Waals surface area contributed by atoms with E-state index >= 15 is 0 Å². The lowest BCUT2D eigenvalue weighted by molar-refractivity contribution is -0.932. The molecule has 9 heavy (non-hydrogen) atoms. The van der Waals surface area contributed by atoms with Crippen molar-refractivity contribution in [3.05, 3.63) is 0 Å².